The molecule has 2 N–H and O–H groups in total. The molecule has 0 spiro atoms. The van der Waals surface area contributed by atoms with Crippen molar-refractivity contribution in [1.29, 1.82) is 5.26 Å². The number of hydrogen-bond acceptors (Lipinski definition) is 6. The third-order valence-electron chi connectivity index (χ3n) is 4.22. The summed E-state index contributed by atoms with van der Waals surface area (Å²) in [6.07, 6.45) is 5.08. The van der Waals surface area contributed by atoms with Crippen molar-refractivity contribution in [2.24, 2.45) is 5.73 Å². The van der Waals surface area contributed by atoms with Gasteiger partial charge in [0, 0.05) is 24.3 Å². The summed E-state index contributed by atoms with van der Waals surface area (Å²) in [4.78, 5) is 17.0. The highest BCUT2D eigenvalue weighted by Crippen LogP contribution is 2.42. The Hall–Kier alpha value is -2.20. The minimum atomic E-state index is -0.505. The van der Waals surface area contributed by atoms with E-state index in [0.717, 1.165) is 25.7 Å². The lowest BCUT2D eigenvalue weighted by Gasteiger charge is -2.38. The third kappa shape index (κ3) is 1.89. The summed E-state index contributed by atoms with van der Waals surface area (Å²) in [6, 6.07) is 3.82. The second kappa shape index (κ2) is 4.72. The molecule has 2 atom stereocenters. The highest BCUT2D eigenvalue weighted by Gasteiger charge is 2.43. The third-order valence-corrected chi connectivity index (χ3v) is 4.22. The van der Waals surface area contributed by atoms with Crippen LogP contribution >= 0.6 is 0 Å². The van der Waals surface area contributed by atoms with Crippen molar-refractivity contribution in [3.63, 3.8) is 0 Å². The van der Waals surface area contributed by atoms with Crippen LogP contribution in [0.4, 0.5) is 11.5 Å². The minimum absolute atomic E-state index is 0.0641. The van der Waals surface area contributed by atoms with Crippen LogP contribution in [0.1, 0.15) is 31.2 Å². The van der Waals surface area contributed by atoms with Crippen LogP contribution in [0.3, 0.4) is 0 Å². The molecule has 3 heterocycles. The Balaban J connectivity index is 2.08. The Labute approximate surface area is 116 Å². The largest absolute Gasteiger partial charge is 0.345 e. The first-order valence-electron chi connectivity index (χ1n) is 6.69. The Morgan fingerprint density at radius 2 is 2.10 bits per heavy atom. The first-order chi connectivity index (χ1) is 9.61. The van der Waals surface area contributed by atoms with E-state index in [1.165, 1.54) is 12.3 Å². The van der Waals surface area contributed by atoms with Gasteiger partial charge in [-0.2, -0.15) is 5.26 Å². The number of aromatic nitrogens is 1. The molecule has 1 aromatic rings. The van der Waals surface area contributed by atoms with Crippen LogP contribution in [0, 0.1) is 21.4 Å². The number of nitriles is 1. The van der Waals surface area contributed by atoms with Gasteiger partial charge >= 0.3 is 5.69 Å². The molecule has 0 amide bonds. The quantitative estimate of drug-likeness (QED) is 0.643. The molecule has 20 heavy (non-hydrogen) atoms. The van der Waals surface area contributed by atoms with Crippen molar-refractivity contribution in [3.05, 3.63) is 27.9 Å². The number of rotatable bonds is 2. The molecule has 3 rings (SSSR count). The van der Waals surface area contributed by atoms with Crippen molar-refractivity contribution in [3.8, 4) is 6.07 Å². The molecule has 2 fully saturated rings. The molecular weight excluding hydrogens is 258 g/mol. The number of nitrogens with two attached hydrogens (primary N) is 1. The molecule has 7 heteroatoms. The molecule has 2 unspecified atom stereocenters. The van der Waals surface area contributed by atoms with E-state index >= 15 is 0 Å². The lowest BCUT2D eigenvalue weighted by atomic mass is 9.98. The van der Waals surface area contributed by atoms with Crippen molar-refractivity contribution in [2.75, 3.05) is 4.90 Å². The summed E-state index contributed by atoms with van der Waals surface area (Å²) in [5, 5.41) is 20.4. The zero-order chi connectivity index (χ0) is 14.3. The summed E-state index contributed by atoms with van der Waals surface area (Å²) in [7, 11) is 0. The van der Waals surface area contributed by atoms with Gasteiger partial charge in [-0.1, -0.05) is 0 Å². The van der Waals surface area contributed by atoms with Crippen molar-refractivity contribution >= 4 is 11.5 Å². The van der Waals surface area contributed by atoms with Crippen LogP contribution in [0.15, 0.2) is 12.3 Å². The number of pyridine rings is 1. The molecule has 104 valence electrons. The monoisotopic (exact) mass is 273 g/mol. The van der Waals surface area contributed by atoms with Crippen LogP contribution < -0.4 is 10.6 Å². The SMILES string of the molecule is N#Cc1ccnc(N2C3CCC2CC(N)C3)c1[N+](=O)[O-]. The maximum atomic E-state index is 11.3. The molecule has 2 aliphatic rings. The van der Waals surface area contributed by atoms with E-state index in [1.807, 2.05) is 11.0 Å². The van der Waals surface area contributed by atoms with Crippen LogP contribution in [-0.4, -0.2) is 28.0 Å². The summed E-state index contributed by atoms with van der Waals surface area (Å²) in [6.45, 7) is 0. The van der Waals surface area contributed by atoms with E-state index in [-0.39, 0.29) is 29.4 Å². The van der Waals surface area contributed by atoms with Gasteiger partial charge in [0.1, 0.15) is 11.6 Å². The van der Waals surface area contributed by atoms with Gasteiger partial charge in [0.25, 0.3) is 0 Å². The fourth-order valence-electron chi connectivity index (χ4n) is 3.47. The van der Waals surface area contributed by atoms with Gasteiger partial charge in [-0.3, -0.25) is 10.1 Å². The smallest absolute Gasteiger partial charge is 0.329 e. The number of fused-ring (bicyclic) bond motifs is 2. The zero-order valence-electron chi connectivity index (χ0n) is 10.9. The average molecular weight is 273 g/mol. The predicted molar refractivity (Wildman–Crippen MR) is 72.1 cm³/mol. The average Bonchev–Trinajstić information content (AvgIpc) is 2.69. The summed E-state index contributed by atoms with van der Waals surface area (Å²) in [5.74, 6) is 0.327. The number of hydrogen-bond donors (Lipinski definition) is 1. The molecule has 0 aliphatic carbocycles. The highest BCUT2D eigenvalue weighted by molar-refractivity contribution is 5.67. The van der Waals surface area contributed by atoms with E-state index in [2.05, 4.69) is 4.98 Å². The normalized spacial score (nSPS) is 28.2. The molecule has 0 saturated carbocycles. The molecule has 2 saturated heterocycles. The molecule has 2 aliphatic heterocycles. The lowest BCUT2D eigenvalue weighted by Crippen LogP contribution is -2.48. The second-order valence-corrected chi connectivity index (χ2v) is 5.42. The molecule has 7 nitrogen and oxygen atoms in total. The van der Waals surface area contributed by atoms with E-state index in [1.54, 1.807) is 0 Å². The van der Waals surface area contributed by atoms with Crippen LogP contribution in [-0.2, 0) is 0 Å². The van der Waals surface area contributed by atoms with Crippen LogP contribution in [0.25, 0.3) is 0 Å². The summed E-state index contributed by atoms with van der Waals surface area (Å²) in [5.41, 5.74) is 5.90. The number of nitrogens with zero attached hydrogens (tertiary/aromatic N) is 4. The molecule has 0 aromatic carbocycles. The van der Waals surface area contributed by atoms with Gasteiger partial charge in [-0.05, 0) is 31.7 Å². The number of piperidine rings is 1. The lowest BCUT2D eigenvalue weighted by molar-refractivity contribution is -0.384. The maximum Gasteiger partial charge on any atom is 0.329 e. The molecule has 0 radical (unpaired) electrons. The van der Waals surface area contributed by atoms with E-state index < -0.39 is 4.92 Å². The number of anilines is 1. The first-order valence-corrected chi connectivity index (χ1v) is 6.69. The van der Waals surface area contributed by atoms with E-state index in [9.17, 15) is 10.1 Å². The van der Waals surface area contributed by atoms with Gasteiger partial charge in [-0.25, -0.2) is 4.98 Å². The molecule has 2 bridgehead atoms. The van der Waals surface area contributed by atoms with Crippen LogP contribution in [0.5, 0.6) is 0 Å². The Kier molecular flexibility index (Phi) is 3.03. The van der Waals surface area contributed by atoms with Gasteiger partial charge in [0.05, 0.1) is 4.92 Å². The van der Waals surface area contributed by atoms with Crippen molar-refractivity contribution in [2.45, 2.75) is 43.8 Å². The fourth-order valence-corrected chi connectivity index (χ4v) is 3.47. The van der Waals surface area contributed by atoms with Crippen molar-refractivity contribution in [1.82, 2.24) is 4.98 Å². The Morgan fingerprint density at radius 3 is 2.65 bits per heavy atom. The zero-order valence-corrected chi connectivity index (χ0v) is 10.9. The van der Waals surface area contributed by atoms with Gasteiger partial charge in [-0.15, -0.1) is 0 Å². The minimum Gasteiger partial charge on any atom is -0.345 e. The van der Waals surface area contributed by atoms with Gasteiger partial charge < -0.3 is 10.6 Å². The number of nitro groups is 1. The summed E-state index contributed by atoms with van der Waals surface area (Å²) < 4.78 is 0. The van der Waals surface area contributed by atoms with Crippen molar-refractivity contribution < 1.29 is 4.92 Å². The van der Waals surface area contributed by atoms with Gasteiger partial charge in [0.15, 0.2) is 0 Å². The predicted octanol–water partition coefficient (Wildman–Crippen LogP) is 1.32. The standard InChI is InChI=1S/C13H15N5O2/c14-7-8-3-4-16-13(12(8)18(19)20)17-10-1-2-11(17)6-9(15)5-10/h3-4,9-11H,1-2,5-6,15H2. The van der Waals surface area contributed by atoms with Crippen LogP contribution in [0.2, 0.25) is 0 Å². The first kappa shape index (κ1) is 12.8. The fraction of sp³-hybridized carbons (Fsp3) is 0.538. The van der Waals surface area contributed by atoms with Gasteiger partial charge in [0.2, 0.25) is 5.82 Å². The van der Waals surface area contributed by atoms with E-state index in [0.29, 0.717) is 5.82 Å². The van der Waals surface area contributed by atoms with E-state index in [4.69, 9.17) is 11.0 Å². The maximum absolute atomic E-state index is 11.3. The molecule has 1 aromatic heterocycles. The topological polar surface area (TPSA) is 109 Å². The summed E-state index contributed by atoms with van der Waals surface area (Å²) >= 11 is 0. The molecular formula is C13H15N5O2. The Morgan fingerprint density at radius 1 is 1.45 bits per heavy atom. The Bertz CT molecular complexity index is 583. The highest BCUT2D eigenvalue weighted by atomic mass is 16.6. The second-order valence-electron chi connectivity index (χ2n) is 5.42.